The first-order valence-electron chi connectivity index (χ1n) is 10.7. The van der Waals surface area contributed by atoms with Crippen molar-refractivity contribution in [1.29, 1.82) is 5.26 Å². The lowest BCUT2D eigenvalue weighted by atomic mass is 10.0. The summed E-state index contributed by atoms with van der Waals surface area (Å²) >= 11 is 0. The molecule has 3 aromatic carbocycles. The number of carbonyl (C=O) groups excluding carboxylic acids is 3. The number of carbonyl (C=O) groups is 3. The Morgan fingerprint density at radius 1 is 0.853 bits per heavy atom. The van der Waals surface area contributed by atoms with Crippen LogP contribution < -0.4 is 10.6 Å². The summed E-state index contributed by atoms with van der Waals surface area (Å²) < 4.78 is 5.32. The summed E-state index contributed by atoms with van der Waals surface area (Å²) in [6, 6.07) is 22.9. The summed E-state index contributed by atoms with van der Waals surface area (Å²) in [4.78, 5) is 37.6. The van der Waals surface area contributed by atoms with E-state index in [0.29, 0.717) is 16.9 Å². The molecule has 0 fully saturated rings. The first-order chi connectivity index (χ1) is 16.1. The fourth-order valence-electron chi connectivity index (χ4n) is 3.18. The molecule has 0 atom stereocenters. The van der Waals surface area contributed by atoms with E-state index < -0.39 is 29.8 Å². The van der Waals surface area contributed by atoms with Gasteiger partial charge >= 0.3 is 6.09 Å². The second-order valence-corrected chi connectivity index (χ2v) is 8.59. The molecule has 0 saturated heterocycles. The van der Waals surface area contributed by atoms with Crippen LogP contribution in [-0.2, 0) is 9.53 Å². The predicted molar refractivity (Wildman–Crippen MR) is 130 cm³/mol. The van der Waals surface area contributed by atoms with E-state index >= 15 is 0 Å². The normalized spacial score (nSPS) is 10.6. The van der Waals surface area contributed by atoms with E-state index in [1.54, 1.807) is 51.1 Å². The SMILES string of the molecule is CC(C)(C)OC(=O)Nc1ccc(-c2ccccc2)cc1NC(=O)CC(=O)c1cccc(C#N)c1. The van der Waals surface area contributed by atoms with E-state index in [1.165, 1.54) is 6.07 Å². The van der Waals surface area contributed by atoms with Gasteiger partial charge in [-0.3, -0.25) is 14.9 Å². The minimum absolute atomic E-state index is 0.277. The molecule has 0 aromatic heterocycles. The Balaban J connectivity index is 1.84. The molecule has 0 spiro atoms. The second kappa shape index (κ2) is 10.5. The maximum atomic E-state index is 12.7. The van der Waals surface area contributed by atoms with Crippen molar-refractivity contribution in [3.63, 3.8) is 0 Å². The fourth-order valence-corrected chi connectivity index (χ4v) is 3.18. The van der Waals surface area contributed by atoms with Crippen LogP contribution in [0.5, 0.6) is 0 Å². The molecule has 0 aliphatic carbocycles. The van der Waals surface area contributed by atoms with Crippen LogP contribution in [0.2, 0.25) is 0 Å². The molecule has 0 heterocycles. The Morgan fingerprint density at radius 2 is 1.59 bits per heavy atom. The van der Waals surface area contributed by atoms with Crippen molar-refractivity contribution in [1.82, 2.24) is 0 Å². The van der Waals surface area contributed by atoms with Gasteiger partial charge in [-0.15, -0.1) is 0 Å². The first-order valence-corrected chi connectivity index (χ1v) is 10.7. The van der Waals surface area contributed by atoms with Gasteiger partial charge in [0, 0.05) is 5.56 Å². The van der Waals surface area contributed by atoms with Gasteiger partial charge in [-0.25, -0.2) is 4.79 Å². The number of amides is 2. The molecule has 2 N–H and O–H groups in total. The zero-order chi connectivity index (χ0) is 24.7. The molecule has 172 valence electrons. The molecule has 0 aliphatic heterocycles. The van der Waals surface area contributed by atoms with Crippen molar-refractivity contribution in [3.8, 4) is 17.2 Å². The van der Waals surface area contributed by atoms with Gasteiger partial charge in [0.1, 0.15) is 5.60 Å². The smallest absolute Gasteiger partial charge is 0.412 e. The average molecular weight is 456 g/mol. The van der Waals surface area contributed by atoms with Gasteiger partial charge < -0.3 is 10.1 Å². The number of rotatable bonds is 6. The number of ether oxygens (including phenoxy) is 1. The molecule has 0 radical (unpaired) electrons. The summed E-state index contributed by atoms with van der Waals surface area (Å²) in [7, 11) is 0. The van der Waals surface area contributed by atoms with Gasteiger partial charge in [-0.2, -0.15) is 5.26 Å². The van der Waals surface area contributed by atoms with Gasteiger partial charge in [0.25, 0.3) is 0 Å². The number of nitrogens with one attached hydrogen (secondary N) is 2. The summed E-state index contributed by atoms with van der Waals surface area (Å²) in [5.41, 5.74) is 2.33. The van der Waals surface area contributed by atoms with E-state index in [4.69, 9.17) is 10.00 Å². The molecule has 0 unspecified atom stereocenters. The summed E-state index contributed by atoms with van der Waals surface area (Å²) in [5.74, 6) is -0.972. The van der Waals surface area contributed by atoms with Crippen molar-refractivity contribution in [2.75, 3.05) is 10.6 Å². The quantitative estimate of drug-likeness (QED) is 0.362. The predicted octanol–water partition coefficient (Wildman–Crippen LogP) is 5.78. The first kappa shape index (κ1) is 24.2. The van der Waals surface area contributed by atoms with E-state index in [0.717, 1.165) is 11.1 Å². The molecule has 0 saturated carbocycles. The number of hydrogen-bond donors (Lipinski definition) is 2. The van der Waals surface area contributed by atoms with Gasteiger partial charge in [0.2, 0.25) is 5.91 Å². The highest BCUT2D eigenvalue weighted by molar-refractivity contribution is 6.12. The summed E-state index contributed by atoms with van der Waals surface area (Å²) in [6.07, 6.45) is -1.09. The maximum absolute atomic E-state index is 12.7. The third kappa shape index (κ3) is 6.78. The highest BCUT2D eigenvalue weighted by atomic mass is 16.6. The Morgan fingerprint density at radius 3 is 2.26 bits per heavy atom. The van der Waals surface area contributed by atoms with Gasteiger partial charge in [-0.1, -0.05) is 48.5 Å². The van der Waals surface area contributed by atoms with Crippen molar-refractivity contribution in [2.24, 2.45) is 0 Å². The number of nitrogens with zero attached hydrogens (tertiary/aromatic N) is 1. The molecule has 7 nitrogen and oxygen atoms in total. The Bertz CT molecular complexity index is 1250. The summed E-state index contributed by atoms with van der Waals surface area (Å²) in [6.45, 7) is 5.25. The van der Waals surface area contributed by atoms with Crippen molar-refractivity contribution >= 4 is 29.2 Å². The zero-order valence-electron chi connectivity index (χ0n) is 19.2. The minimum atomic E-state index is -0.693. The van der Waals surface area contributed by atoms with Crippen LogP contribution in [0, 0.1) is 11.3 Å². The molecular weight excluding hydrogens is 430 g/mol. The van der Waals surface area contributed by atoms with Crippen LogP contribution in [0.4, 0.5) is 16.2 Å². The highest BCUT2D eigenvalue weighted by Gasteiger charge is 2.19. The van der Waals surface area contributed by atoms with Crippen molar-refractivity contribution < 1.29 is 19.1 Å². The molecule has 34 heavy (non-hydrogen) atoms. The molecule has 3 rings (SSSR count). The molecule has 3 aromatic rings. The minimum Gasteiger partial charge on any atom is -0.444 e. The van der Waals surface area contributed by atoms with Crippen LogP contribution in [0.25, 0.3) is 11.1 Å². The topological polar surface area (TPSA) is 108 Å². The number of nitriles is 1. The van der Waals surface area contributed by atoms with Crippen LogP contribution in [-0.4, -0.2) is 23.4 Å². The van der Waals surface area contributed by atoms with Gasteiger partial charge in [-0.05, 0) is 56.2 Å². The maximum Gasteiger partial charge on any atom is 0.412 e. The standard InChI is InChI=1S/C27H25N3O4/c1-27(2,3)34-26(33)30-22-13-12-20(19-9-5-4-6-10-19)15-23(22)29-25(32)16-24(31)21-11-7-8-18(14-21)17-28/h4-15H,16H2,1-3H3,(H,29,32)(H,30,33). The number of benzene rings is 3. The number of Topliss-reactive ketones (excluding diaryl/α,β-unsaturated/α-hetero) is 1. The highest BCUT2D eigenvalue weighted by Crippen LogP contribution is 2.30. The third-order valence-electron chi connectivity index (χ3n) is 4.67. The van der Waals surface area contributed by atoms with E-state index in [1.807, 2.05) is 42.5 Å². The van der Waals surface area contributed by atoms with Crippen LogP contribution in [0.15, 0.2) is 72.8 Å². The van der Waals surface area contributed by atoms with Crippen LogP contribution in [0.3, 0.4) is 0 Å². The summed E-state index contributed by atoms with van der Waals surface area (Å²) in [5, 5.41) is 14.4. The second-order valence-electron chi connectivity index (χ2n) is 8.59. The Kier molecular flexibility index (Phi) is 7.44. The zero-order valence-corrected chi connectivity index (χ0v) is 19.2. The molecule has 2 amide bonds. The number of hydrogen-bond acceptors (Lipinski definition) is 5. The number of ketones is 1. The molecule has 0 aliphatic rings. The largest absolute Gasteiger partial charge is 0.444 e. The third-order valence-corrected chi connectivity index (χ3v) is 4.67. The van der Waals surface area contributed by atoms with Gasteiger partial charge in [0.05, 0.1) is 29.4 Å². The molecule has 0 bridgehead atoms. The molecule has 7 heteroatoms. The lowest BCUT2D eigenvalue weighted by Gasteiger charge is -2.21. The van der Waals surface area contributed by atoms with E-state index in [2.05, 4.69) is 10.6 Å². The van der Waals surface area contributed by atoms with Crippen molar-refractivity contribution in [2.45, 2.75) is 32.8 Å². The lowest BCUT2D eigenvalue weighted by Crippen LogP contribution is -2.27. The Labute approximate surface area is 198 Å². The lowest BCUT2D eigenvalue weighted by molar-refractivity contribution is -0.115. The van der Waals surface area contributed by atoms with E-state index in [-0.39, 0.29) is 5.56 Å². The van der Waals surface area contributed by atoms with Crippen LogP contribution >= 0.6 is 0 Å². The monoisotopic (exact) mass is 455 g/mol. The van der Waals surface area contributed by atoms with Crippen molar-refractivity contribution in [3.05, 3.63) is 83.9 Å². The van der Waals surface area contributed by atoms with Crippen LogP contribution in [0.1, 0.15) is 43.1 Å². The van der Waals surface area contributed by atoms with E-state index in [9.17, 15) is 14.4 Å². The van der Waals surface area contributed by atoms with Gasteiger partial charge in [0.15, 0.2) is 5.78 Å². The molecular formula is C27H25N3O4. The average Bonchev–Trinajstić information content (AvgIpc) is 2.79. The Hall–Kier alpha value is -4.44. The number of anilines is 2. The fraction of sp³-hybridized carbons (Fsp3) is 0.185.